The van der Waals surface area contributed by atoms with Gasteiger partial charge < -0.3 is 25.0 Å². The Hall–Kier alpha value is -4.88. The van der Waals surface area contributed by atoms with Crippen molar-refractivity contribution >= 4 is 23.6 Å². The van der Waals surface area contributed by atoms with E-state index in [0.717, 1.165) is 39.1 Å². The molecule has 1 aliphatic rings. The highest BCUT2D eigenvalue weighted by Gasteiger charge is 2.32. The zero-order chi connectivity index (χ0) is 34.7. The molecule has 4 aromatic carbocycles. The van der Waals surface area contributed by atoms with E-state index in [4.69, 9.17) is 14.6 Å². The van der Waals surface area contributed by atoms with E-state index in [1.54, 1.807) is 4.68 Å². The number of rotatable bonds is 15. The normalized spacial score (nSPS) is 17.3. The number of unbranched alkanes of at least 4 members (excludes halogenated alkanes) is 1. The van der Waals surface area contributed by atoms with Gasteiger partial charge in [-0.25, -0.2) is 0 Å². The number of aromatic nitrogens is 4. The lowest BCUT2D eigenvalue weighted by Crippen LogP contribution is -2.31. The number of carbonyl (C=O) groups is 2. The van der Waals surface area contributed by atoms with Gasteiger partial charge in [-0.15, -0.1) is 5.10 Å². The van der Waals surface area contributed by atoms with Crippen LogP contribution in [0.4, 0.5) is 0 Å². The Bertz CT molecular complexity index is 1850. The van der Waals surface area contributed by atoms with Crippen LogP contribution in [0.25, 0.3) is 16.8 Å². The highest BCUT2D eigenvalue weighted by molar-refractivity contribution is 7.99. The zero-order valence-corrected chi connectivity index (χ0v) is 28.2. The average Bonchev–Trinajstić information content (AvgIpc) is 3.64. The molecule has 0 bridgehead atoms. The fourth-order valence-corrected chi connectivity index (χ4v) is 6.64. The van der Waals surface area contributed by atoms with Crippen LogP contribution in [0.1, 0.15) is 66.8 Å². The Morgan fingerprint density at radius 3 is 2.36 bits per heavy atom. The van der Waals surface area contributed by atoms with E-state index in [1.165, 1.54) is 11.8 Å². The molecular weight excluding hydrogens is 655 g/mol. The summed E-state index contributed by atoms with van der Waals surface area (Å²) in [6.45, 7) is 0.373. The number of carboxylic acid groups (broad SMARTS) is 1. The molecular formula is C38H39N5O6S. The third-order valence-electron chi connectivity index (χ3n) is 8.43. The molecule has 1 amide bonds. The number of aliphatic carboxylic acids is 1. The smallest absolute Gasteiger partial charge is 0.303 e. The Balaban J connectivity index is 1.13. The van der Waals surface area contributed by atoms with Crippen molar-refractivity contribution in [3.8, 4) is 16.8 Å². The summed E-state index contributed by atoms with van der Waals surface area (Å²) in [6.07, 6.45) is 1.06. The Morgan fingerprint density at radius 1 is 0.840 bits per heavy atom. The van der Waals surface area contributed by atoms with E-state index < -0.39 is 12.3 Å². The van der Waals surface area contributed by atoms with Crippen molar-refractivity contribution in [1.82, 2.24) is 25.5 Å². The van der Waals surface area contributed by atoms with Crippen molar-refractivity contribution in [2.45, 2.75) is 68.9 Å². The molecule has 0 unspecified atom stereocenters. The van der Waals surface area contributed by atoms with Crippen molar-refractivity contribution in [2.75, 3.05) is 5.75 Å². The van der Waals surface area contributed by atoms with Crippen LogP contribution in [0, 0.1) is 0 Å². The fourth-order valence-electron chi connectivity index (χ4n) is 5.73. The first-order chi connectivity index (χ1) is 24.4. The first-order valence-corrected chi connectivity index (χ1v) is 17.6. The summed E-state index contributed by atoms with van der Waals surface area (Å²) < 4.78 is 14.8. The molecule has 1 aromatic heterocycles. The lowest BCUT2D eigenvalue weighted by molar-refractivity contribution is -0.245. The van der Waals surface area contributed by atoms with Gasteiger partial charge in [-0.2, -0.15) is 4.68 Å². The predicted molar refractivity (Wildman–Crippen MR) is 188 cm³/mol. The lowest BCUT2D eigenvalue weighted by Gasteiger charge is -2.36. The summed E-state index contributed by atoms with van der Waals surface area (Å²) in [7, 11) is 0. The first-order valence-electron chi connectivity index (χ1n) is 16.6. The van der Waals surface area contributed by atoms with Crippen LogP contribution >= 0.6 is 11.8 Å². The molecule has 0 saturated carbocycles. The second kappa shape index (κ2) is 17.2. The minimum Gasteiger partial charge on any atom is -0.481 e. The van der Waals surface area contributed by atoms with Gasteiger partial charge in [0.1, 0.15) is 0 Å². The minimum absolute atomic E-state index is 0.0208. The largest absolute Gasteiger partial charge is 0.481 e. The van der Waals surface area contributed by atoms with Crippen LogP contribution in [0.5, 0.6) is 0 Å². The quantitative estimate of drug-likeness (QED) is 0.0829. The molecule has 12 heteroatoms. The molecule has 0 spiro atoms. The number of benzene rings is 4. The first kappa shape index (κ1) is 35.0. The van der Waals surface area contributed by atoms with Gasteiger partial charge in [-0.3, -0.25) is 9.59 Å². The van der Waals surface area contributed by atoms with Crippen molar-refractivity contribution in [1.29, 1.82) is 0 Å². The molecule has 258 valence electrons. The van der Waals surface area contributed by atoms with Crippen LogP contribution in [0.3, 0.4) is 0 Å². The lowest BCUT2D eigenvalue weighted by atomic mass is 9.99. The van der Waals surface area contributed by atoms with Crippen molar-refractivity contribution in [3.63, 3.8) is 0 Å². The van der Waals surface area contributed by atoms with Gasteiger partial charge in [-0.05, 0) is 69.3 Å². The van der Waals surface area contributed by atoms with Crippen LogP contribution < -0.4 is 5.32 Å². The predicted octanol–water partition coefficient (Wildman–Crippen LogP) is 6.42. The second-order valence-corrected chi connectivity index (χ2v) is 13.1. The number of hydrogen-bond donors (Lipinski definition) is 3. The molecule has 1 fully saturated rings. The molecule has 0 radical (unpaired) electrons. The number of aliphatic hydroxyl groups is 1. The Kier molecular flexibility index (Phi) is 12.0. The van der Waals surface area contributed by atoms with Crippen molar-refractivity contribution in [2.24, 2.45) is 0 Å². The molecule has 5 aromatic rings. The SMILES string of the molecule is O=C(O)CCCCC(=O)NCc1cccc(-c2ccc([C@H]3O[C@@H](CSc4nnnn4-c4ccccc4)C[C@@H](c4ccc(CO)cc4)O3)cc2)c1. The van der Waals surface area contributed by atoms with Gasteiger partial charge in [0.25, 0.3) is 0 Å². The molecule has 1 saturated heterocycles. The zero-order valence-electron chi connectivity index (χ0n) is 27.4. The number of carboxylic acids is 1. The van der Waals surface area contributed by atoms with E-state index in [2.05, 4.69) is 26.9 Å². The number of nitrogens with zero attached hydrogens (tertiary/aromatic N) is 4. The molecule has 0 aliphatic carbocycles. The number of para-hydroxylation sites is 1. The summed E-state index contributed by atoms with van der Waals surface area (Å²) in [6, 6.07) is 33.7. The molecule has 1 aliphatic heterocycles. The van der Waals surface area contributed by atoms with Gasteiger partial charge in [0, 0.05) is 37.1 Å². The van der Waals surface area contributed by atoms with E-state index in [0.29, 0.717) is 43.1 Å². The number of carbonyl (C=O) groups excluding carboxylic acids is 1. The molecule has 11 nitrogen and oxygen atoms in total. The standard InChI is InChI=1S/C38H39N5O6S/c44-24-26-13-15-29(16-14-26)34-22-33(25-50-38-40-41-42-43(38)32-9-2-1-3-10-32)48-37(49-34)30-19-17-28(18-20-30)31-8-6-7-27(21-31)23-39-35(45)11-4-5-12-36(46)47/h1-3,6-10,13-21,33-34,37,44H,4-5,11-12,22-25H2,(H,39,45)(H,46,47)/t33-,34+,37+/m1/s1. The average molecular weight is 694 g/mol. The van der Waals surface area contributed by atoms with Gasteiger partial charge in [0.05, 0.1) is 24.5 Å². The summed E-state index contributed by atoms with van der Waals surface area (Å²) in [4.78, 5) is 22.9. The Morgan fingerprint density at radius 2 is 1.60 bits per heavy atom. The van der Waals surface area contributed by atoms with E-state index >= 15 is 0 Å². The van der Waals surface area contributed by atoms with Crippen molar-refractivity contribution in [3.05, 3.63) is 125 Å². The van der Waals surface area contributed by atoms with E-state index in [1.807, 2.05) is 97.1 Å². The van der Waals surface area contributed by atoms with Crippen molar-refractivity contribution < 1.29 is 29.3 Å². The van der Waals surface area contributed by atoms with E-state index in [-0.39, 0.29) is 31.1 Å². The van der Waals surface area contributed by atoms with E-state index in [9.17, 15) is 14.7 Å². The number of tetrazole rings is 1. The van der Waals surface area contributed by atoms with Crippen LogP contribution in [0.15, 0.2) is 108 Å². The molecule has 50 heavy (non-hydrogen) atoms. The highest BCUT2D eigenvalue weighted by Crippen LogP contribution is 2.40. The molecule has 3 N–H and O–H groups in total. The number of ether oxygens (including phenoxy) is 2. The number of nitrogens with one attached hydrogen (secondary N) is 1. The summed E-state index contributed by atoms with van der Waals surface area (Å²) in [5.41, 5.74) is 6.63. The number of amides is 1. The third kappa shape index (κ3) is 9.42. The van der Waals surface area contributed by atoms with Gasteiger partial charge in [-0.1, -0.05) is 96.7 Å². The Labute approximate surface area is 294 Å². The second-order valence-electron chi connectivity index (χ2n) is 12.1. The van der Waals surface area contributed by atoms with Crippen LogP contribution in [0.2, 0.25) is 0 Å². The maximum atomic E-state index is 12.2. The number of thioether (sulfide) groups is 1. The topological polar surface area (TPSA) is 149 Å². The maximum absolute atomic E-state index is 12.2. The number of aliphatic hydroxyl groups excluding tert-OH is 1. The summed E-state index contributed by atoms with van der Waals surface area (Å²) in [5.74, 6) is -0.323. The minimum atomic E-state index is -0.845. The van der Waals surface area contributed by atoms with Gasteiger partial charge >= 0.3 is 5.97 Å². The maximum Gasteiger partial charge on any atom is 0.303 e. The van der Waals surface area contributed by atoms with Crippen LogP contribution in [-0.2, 0) is 32.2 Å². The monoisotopic (exact) mass is 693 g/mol. The highest BCUT2D eigenvalue weighted by atomic mass is 32.2. The fraction of sp³-hybridized carbons (Fsp3) is 0.289. The summed E-state index contributed by atoms with van der Waals surface area (Å²) in [5, 5.41) is 34.3. The van der Waals surface area contributed by atoms with Gasteiger partial charge in [0.15, 0.2) is 6.29 Å². The molecule has 3 atom stereocenters. The summed E-state index contributed by atoms with van der Waals surface area (Å²) >= 11 is 1.53. The number of hydrogen-bond acceptors (Lipinski definition) is 9. The van der Waals surface area contributed by atoms with Crippen LogP contribution in [-0.4, -0.2) is 54.2 Å². The third-order valence-corrected chi connectivity index (χ3v) is 9.48. The molecule has 2 heterocycles. The molecule has 6 rings (SSSR count). The van der Waals surface area contributed by atoms with Gasteiger partial charge in [0.2, 0.25) is 11.1 Å².